The van der Waals surface area contributed by atoms with Crippen molar-refractivity contribution in [2.75, 3.05) is 0 Å². The van der Waals surface area contributed by atoms with Gasteiger partial charge in [-0.05, 0) is 18.2 Å². The molecule has 29 heavy (non-hydrogen) atoms. The van der Waals surface area contributed by atoms with Gasteiger partial charge in [0.1, 0.15) is 6.33 Å². The van der Waals surface area contributed by atoms with E-state index in [1.165, 1.54) is 0 Å². The van der Waals surface area contributed by atoms with Crippen molar-refractivity contribution in [2.45, 2.75) is 6.61 Å². The van der Waals surface area contributed by atoms with Crippen LogP contribution in [-0.2, 0) is 11.4 Å². The molecule has 0 N–H and O–H groups in total. The van der Waals surface area contributed by atoms with Crippen LogP contribution in [-0.4, -0.2) is 35.6 Å². The quantitative estimate of drug-likeness (QED) is 0.330. The van der Waals surface area contributed by atoms with Gasteiger partial charge in [-0.3, -0.25) is 0 Å². The molecule has 3 aromatic heterocycles. The molecule has 0 radical (unpaired) electrons. The Morgan fingerprint density at radius 3 is 2.72 bits per heavy atom. The van der Waals surface area contributed by atoms with Gasteiger partial charge in [-0.15, -0.1) is 5.10 Å². The van der Waals surface area contributed by atoms with Gasteiger partial charge in [0.15, 0.2) is 23.7 Å². The smallest absolute Gasteiger partial charge is 0.192 e. The molecule has 0 aliphatic heterocycles. The summed E-state index contributed by atoms with van der Waals surface area (Å²) >= 11 is 6.09. The maximum Gasteiger partial charge on any atom is 0.192 e. The van der Waals surface area contributed by atoms with E-state index in [0.29, 0.717) is 22.1 Å². The average molecular weight is 404 g/mol. The fourth-order valence-corrected chi connectivity index (χ4v) is 3.14. The summed E-state index contributed by atoms with van der Waals surface area (Å²) < 4.78 is 3.38. The predicted molar refractivity (Wildman–Crippen MR) is 109 cm³/mol. The lowest BCUT2D eigenvalue weighted by atomic mass is 10.2. The van der Waals surface area contributed by atoms with Crippen molar-refractivity contribution in [3.8, 4) is 5.69 Å². The summed E-state index contributed by atoms with van der Waals surface area (Å²) in [5, 5.41) is 14.2. The van der Waals surface area contributed by atoms with E-state index in [-0.39, 0.29) is 6.61 Å². The largest absolute Gasteiger partial charge is 0.387 e. The molecule has 0 saturated carbocycles. The Labute approximate surface area is 170 Å². The minimum absolute atomic E-state index is 0.122. The highest BCUT2D eigenvalue weighted by Crippen LogP contribution is 2.19. The summed E-state index contributed by atoms with van der Waals surface area (Å²) in [6, 6.07) is 17.2. The summed E-state index contributed by atoms with van der Waals surface area (Å²) in [5.41, 5.74) is 3.07. The first-order chi connectivity index (χ1) is 14.3. The van der Waals surface area contributed by atoms with Crippen LogP contribution in [0.25, 0.3) is 22.4 Å². The Hall–Kier alpha value is -3.78. The van der Waals surface area contributed by atoms with Crippen LogP contribution < -0.4 is 0 Å². The van der Waals surface area contributed by atoms with E-state index in [9.17, 15) is 0 Å². The number of fused-ring (bicyclic) bond motifs is 3. The van der Waals surface area contributed by atoms with Crippen molar-refractivity contribution in [1.29, 1.82) is 0 Å². The SMILES string of the molecule is Clc1ccccc1/C=N\OCc1nc2c3cnn(-c4ccccc4)c3ncn2n1. The fourth-order valence-electron chi connectivity index (χ4n) is 2.95. The first-order valence-electron chi connectivity index (χ1n) is 8.83. The lowest BCUT2D eigenvalue weighted by molar-refractivity contribution is 0.126. The molecule has 5 aromatic rings. The zero-order valence-corrected chi connectivity index (χ0v) is 15.8. The minimum atomic E-state index is 0.122. The lowest BCUT2D eigenvalue weighted by Gasteiger charge is -2.01. The first-order valence-corrected chi connectivity index (χ1v) is 9.21. The summed E-state index contributed by atoms with van der Waals surface area (Å²) in [7, 11) is 0. The molecule has 0 amide bonds. The molecule has 8 nitrogen and oxygen atoms in total. The highest BCUT2D eigenvalue weighted by molar-refractivity contribution is 6.33. The van der Waals surface area contributed by atoms with Crippen molar-refractivity contribution in [2.24, 2.45) is 5.16 Å². The van der Waals surface area contributed by atoms with Crippen molar-refractivity contribution >= 4 is 34.5 Å². The Morgan fingerprint density at radius 1 is 1.03 bits per heavy atom. The molecule has 142 valence electrons. The number of hydrogen-bond acceptors (Lipinski definition) is 6. The second kappa shape index (κ2) is 7.33. The Balaban J connectivity index is 1.40. The summed E-state index contributed by atoms with van der Waals surface area (Å²) in [6.07, 6.45) is 4.91. The van der Waals surface area contributed by atoms with E-state index in [2.05, 4.69) is 25.3 Å². The van der Waals surface area contributed by atoms with Gasteiger partial charge in [-0.1, -0.05) is 53.2 Å². The van der Waals surface area contributed by atoms with E-state index in [1.54, 1.807) is 34.0 Å². The van der Waals surface area contributed by atoms with Crippen LogP contribution in [0.5, 0.6) is 0 Å². The van der Waals surface area contributed by atoms with Crippen LogP contribution in [0.4, 0.5) is 0 Å². The van der Waals surface area contributed by atoms with Crippen molar-refractivity contribution in [3.63, 3.8) is 0 Å². The summed E-state index contributed by atoms with van der Waals surface area (Å²) in [4.78, 5) is 14.4. The summed E-state index contributed by atoms with van der Waals surface area (Å²) in [6.45, 7) is 0.122. The lowest BCUT2D eigenvalue weighted by Crippen LogP contribution is -1.98. The highest BCUT2D eigenvalue weighted by atomic mass is 35.5. The zero-order valence-electron chi connectivity index (χ0n) is 15.1. The standard InChI is InChI=1S/C20H14ClN7O/c21-17-9-5-4-6-14(17)10-24-29-12-18-25-20-16-11-23-28(15-7-2-1-3-8-15)19(16)22-13-27(20)26-18/h1-11,13H,12H2/b24-10-. The van der Waals surface area contributed by atoms with Gasteiger partial charge in [0.25, 0.3) is 0 Å². The molecule has 0 bridgehead atoms. The molecule has 0 unspecified atom stereocenters. The van der Waals surface area contributed by atoms with E-state index in [0.717, 1.165) is 16.6 Å². The van der Waals surface area contributed by atoms with Gasteiger partial charge in [-0.2, -0.15) is 5.10 Å². The minimum Gasteiger partial charge on any atom is -0.387 e. The van der Waals surface area contributed by atoms with Gasteiger partial charge in [0.05, 0.1) is 23.5 Å². The topological polar surface area (TPSA) is 82.5 Å². The van der Waals surface area contributed by atoms with Gasteiger partial charge < -0.3 is 4.84 Å². The molecule has 0 atom stereocenters. The highest BCUT2D eigenvalue weighted by Gasteiger charge is 2.13. The number of hydrogen-bond donors (Lipinski definition) is 0. The number of aromatic nitrogens is 6. The molecule has 0 saturated heterocycles. The molecule has 0 fully saturated rings. The number of para-hydroxylation sites is 1. The first kappa shape index (κ1) is 17.3. The average Bonchev–Trinajstić information content (AvgIpc) is 3.36. The van der Waals surface area contributed by atoms with Crippen LogP contribution in [0.3, 0.4) is 0 Å². The van der Waals surface area contributed by atoms with E-state index < -0.39 is 0 Å². The third-order valence-corrected chi connectivity index (χ3v) is 4.66. The molecule has 0 spiro atoms. The number of benzene rings is 2. The molecule has 3 heterocycles. The summed E-state index contributed by atoms with van der Waals surface area (Å²) in [5.74, 6) is 0.489. The monoisotopic (exact) mass is 403 g/mol. The van der Waals surface area contributed by atoms with Gasteiger partial charge >= 0.3 is 0 Å². The van der Waals surface area contributed by atoms with E-state index >= 15 is 0 Å². The molecular formula is C20H14ClN7O. The van der Waals surface area contributed by atoms with Crippen molar-refractivity contribution in [3.05, 3.63) is 83.5 Å². The second-order valence-corrected chi connectivity index (χ2v) is 6.61. The van der Waals surface area contributed by atoms with Crippen LogP contribution in [0, 0.1) is 0 Å². The Bertz CT molecular complexity index is 1330. The number of halogens is 1. The third kappa shape index (κ3) is 3.30. The number of rotatable bonds is 5. The van der Waals surface area contributed by atoms with Crippen LogP contribution in [0.15, 0.2) is 72.3 Å². The fraction of sp³-hybridized carbons (Fsp3) is 0.0500. The molecule has 0 aliphatic rings. The Kier molecular flexibility index (Phi) is 4.38. The second-order valence-electron chi connectivity index (χ2n) is 6.20. The van der Waals surface area contributed by atoms with E-state index in [4.69, 9.17) is 16.4 Å². The van der Waals surface area contributed by atoms with Gasteiger partial charge in [0.2, 0.25) is 0 Å². The van der Waals surface area contributed by atoms with Gasteiger partial charge in [-0.25, -0.2) is 19.2 Å². The predicted octanol–water partition coefficient (Wildman–Crippen LogP) is 3.67. The van der Waals surface area contributed by atoms with Crippen molar-refractivity contribution in [1.82, 2.24) is 29.4 Å². The normalized spacial score (nSPS) is 11.6. The zero-order chi connectivity index (χ0) is 19.6. The van der Waals surface area contributed by atoms with Crippen LogP contribution in [0.1, 0.15) is 11.4 Å². The molecule has 5 rings (SSSR count). The van der Waals surface area contributed by atoms with E-state index in [1.807, 2.05) is 48.5 Å². The molecule has 2 aromatic carbocycles. The van der Waals surface area contributed by atoms with Crippen LogP contribution >= 0.6 is 11.6 Å². The molecule has 9 heteroatoms. The maximum atomic E-state index is 6.09. The van der Waals surface area contributed by atoms with Crippen LogP contribution in [0.2, 0.25) is 5.02 Å². The number of oxime groups is 1. The van der Waals surface area contributed by atoms with Gasteiger partial charge in [0, 0.05) is 10.6 Å². The number of nitrogens with zero attached hydrogens (tertiary/aromatic N) is 7. The molecular weight excluding hydrogens is 390 g/mol. The third-order valence-electron chi connectivity index (χ3n) is 4.32. The molecule has 0 aliphatic carbocycles. The van der Waals surface area contributed by atoms with Crippen molar-refractivity contribution < 1.29 is 4.84 Å². The Morgan fingerprint density at radius 2 is 1.86 bits per heavy atom. The maximum absolute atomic E-state index is 6.09.